The van der Waals surface area contributed by atoms with Crippen molar-refractivity contribution in [3.63, 3.8) is 0 Å². The van der Waals surface area contributed by atoms with Gasteiger partial charge in [0, 0.05) is 12.1 Å². The number of rotatable bonds is 5. The number of hydrogen-bond acceptors (Lipinski definition) is 2. The number of benzene rings is 1. The first-order chi connectivity index (χ1) is 10.4. The molecule has 0 bridgehead atoms. The van der Waals surface area contributed by atoms with Crippen molar-refractivity contribution in [3.8, 4) is 11.1 Å². The molecule has 1 aromatic carbocycles. The van der Waals surface area contributed by atoms with E-state index >= 15 is 0 Å². The normalized spacial score (nSPS) is 10.8. The van der Waals surface area contributed by atoms with Gasteiger partial charge in [-0.3, -0.25) is 4.79 Å². The van der Waals surface area contributed by atoms with E-state index in [1.54, 1.807) is 4.68 Å². The van der Waals surface area contributed by atoms with E-state index in [2.05, 4.69) is 30.8 Å². The predicted molar refractivity (Wildman–Crippen MR) is 86.1 cm³/mol. The maximum absolute atomic E-state index is 13.1. The Labute approximate surface area is 129 Å². The molecule has 2 aromatic rings. The molecule has 0 aliphatic rings. The Morgan fingerprint density at radius 1 is 1.36 bits per heavy atom. The van der Waals surface area contributed by atoms with Crippen molar-refractivity contribution >= 4 is 11.7 Å². The average molecular weight is 301 g/mol. The van der Waals surface area contributed by atoms with E-state index in [1.165, 1.54) is 0 Å². The van der Waals surface area contributed by atoms with Gasteiger partial charge in [-0.05, 0) is 18.4 Å². The number of anilines is 1. The van der Waals surface area contributed by atoms with Gasteiger partial charge in [0.25, 0.3) is 5.91 Å². The maximum atomic E-state index is 13.1. The molecule has 116 valence electrons. The van der Waals surface area contributed by atoms with Gasteiger partial charge in [-0.1, -0.05) is 50.8 Å². The Morgan fingerprint density at radius 3 is 2.55 bits per heavy atom. The van der Waals surface area contributed by atoms with Crippen molar-refractivity contribution in [1.29, 1.82) is 0 Å². The van der Waals surface area contributed by atoms with Crippen LogP contribution in [-0.2, 0) is 11.3 Å². The van der Waals surface area contributed by atoms with E-state index in [4.69, 9.17) is 0 Å². The van der Waals surface area contributed by atoms with E-state index in [1.807, 2.05) is 37.3 Å². The molecule has 0 atom stereocenters. The van der Waals surface area contributed by atoms with Gasteiger partial charge >= 0.3 is 0 Å². The second kappa shape index (κ2) is 6.56. The number of carbonyl (C=O) groups excluding carboxylic acids is 1. The lowest BCUT2D eigenvalue weighted by Gasteiger charge is -2.12. The predicted octanol–water partition coefficient (Wildman–Crippen LogP) is 3.94. The van der Waals surface area contributed by atoms with Gasteiger partial charge in [-0.25, -0.2) is 9.07 Å². The summed E-state index contributed by atoms with van der Waals surface area (Å²) in [5.74, 6) is -1.02. The van der Waals surface area contributed by atoms with E-state index in [-0.39, 0.29) is 0 Å². The minimum atomic E-state index is -1.02. The van der Waals surface area contributed by atoms with Crippen molar-refractivity contribution in [2.75, 3.05) is 5.32 Å². The molecule has 0 spiro atoms. The van der Waals surface area contributed by atoms with E-state index in [0.717, 1.165) is 16.8 Å². The molecule has 0 saturated heterocycles. The third-order valence-electron chi connectivity index (χ3n) is 3.21. The van der Waals surface area contributed by atoms with Crippen LogP contribution >= 0.6 is 0 Å². The molecule has 0 radical (unpaired) electrons. The van der Waals surface area contributed by atoms with E-state index in [9.17, 15) is 9.18 Å². The highest BCUT2D eigenvalue weighted by Gasteiger charge is 2.20. The number of amides is 1. The van der Waals surface area contributed by atoms with Crippen LogP contribution in [0, 0.1) is 12.8 Å². The molecule has 0 aliphatic carbocycles. The second-order valence-electron chi connectivity index (χ2n) is 5.61. The molecule has 2 rings (SSSR count). The summed E-state index contributed by atoms with van der Waals surface area (Å²) >= 11 is 0. The summed E-state index contributed by atoms with van der Waals surface area (Å²) in [6, 6.07) is 9.61. The van der Waals surface area contributed by atoms with Gasteiger partial charge in [0.05, 0.1) is 5.69 Å². The number of nitrogens with zero attached hydrogens (tertiary/aromatic N) is 2. The van der Waals surface area contributed by atoms with Crippen LogP contribution in [0.3, 0.4) is 0 Å². The van der Waals surface area contributed by atoms with Gasteiger partial charge in [0.15, 0.2) is 5.83 Å². The van der Waals surface area contributed by atoms with E-state index < -0.39 is 11.7 Å². The molecule has 0 aliphatic heterocycles. The molecule has 22 heavy (non-hydrogen) atoms. The van der Waals surface area contributed by atoms with Crippen LogP contribution < -0.4 is 5.32 Å². The highest BCUT2D eigenvalue weighted by molar-refractivity contribution is 6.03. The molecule has 1 amide bonds. The van der Waals surface area contributed by atoms with Gasteiger partial charge in [0.2, 0.25) is 0 Å². The zero-order valence-corrected chi connectivity index (χ0v) is 13.1. The third-order valence-corrected chi connectivity index (χ3v) is 3.21. The summed E-state index contributed by atoms with van der Waals surface area (Å²) in [6.07, 6.45) is 0. The van der Waals surface area contributed by atoms with Gasteiger partial charge in [0.1, 0.15) is 5.82 Å². The zero-order valence-electron chi connectivity index (χ0n) is 13.1. The number of carbonyl (C=O) groups is 1. The Bertz CT molecular complexity index is 689. The lowest BCUT2D eigenvalue weighted by Crippen LogP contribution is -2.17. The summed E-state index contributed by atoms with van der Waals surface area (Å²) in [6.45, 7) is 9.65. The number of nitrogens with one attached hydrogen (secondary N) is 1. The number of aryl methyl sites for hydroxylation is 1. The van der Waals surface area contributed by atoms with E-state index in [0.29, 0.717) is 18.3 Å². The Hall–Kier alpha value is -2.43. The van der Waals surface area contributed by atoms with Crippen molar-refractivity contribution in [2.45, 2.75) is 27.3 Å². The summed E-state index contributed by atoms with van der Waals surface area (Å²) in [5, 5.41) is 7.08. The Balaban J connectivity index is 2.54. The van der Waals surface area contributed by atoms with Crippen LogP contribution in [0.4, 0.5) is 10.2 Å². The van der Waals surface area contributed by atoms with Crippen LogP contribution in [-0.4, -0.2) is 15.7 Å². The van der Waals surface area contributed by atoms with Gasteiger partial charge in [-0.2, -0.15) is 5.10 Å². The number of hydrogen-bond donors (Lipinski definition) is 1. The first kappa shape index (κ1) is 15.9. The van der Waals surface area contributed by atoms with Crippen LogP contribution in [0.25, 0.3) is 11.1 Å². The lowest BCUT2D eigenvalue weighted by atomic mass is 10.1. The van der Waals surface area contributed by atoms with Gasteiger partial charge in [-0.15, -0.1) is 0 Å². The molecular weight excluding hydrogens is 281 g/mol. The standard InChI is InChI=1S/C17H20FN3O/c1-11(2)10-21-16(19-17(22)12(3)18)15(13(4)20-21)14-8-6-5-7-9-14/h5-9,11H,3,10H2,1-2,4H3,(H,19,22). The molecular formula is C17H20FN3O. The SMILES string of the molecule is C=C(F)C(=O)Nc1c(-c2ccccc2)c(C)nn1CC(C)C. The minimum absolute atomic E-state index is 0.340. The average Bonchev–Trinajstić information content (AvgIpc) is 2.74. The van der Waals surface area contributed by atoms with Crippen molar-refractivity contribution in [2.24, 2.45) is 5.92 Å². The summed E-state index contributed by atoms with van der Waals surface area (Å²) in [4.78, 5) is 11.7. The van der Waals surface area contributed by atoms with Crippen LogP contribution in [0.5, 0.6) is 0 Å². The van der Waals surface area contributed by atoms with Gasteiger partial charge < -0.3 is 5.32 Å². The number of aromatic nitrogens is 2. The maximum Gasteiger partial charge on any atom is 0.284 e. The monoisotopic (exact) mass is 301 g/mol. The second-order valence-corrected chi connectivity index (χ2v) is 5.61. The highest BCUT2D eigenvalue weighted by Crippen LogP contribution is 2.32. The van der Waals surface area contributed by atoms with Crippen molar-refractivity contribution in [1.82, 2.24) is 9.78 Å². The van der Waals surface area contributed by atoms with Crippen molar-refractivity contribution in [3.05, 3.63) is 48.4 Å². The van der Waals surface area contributed by atoms with Crippen LogP contribution in [0.15, 0.2) is 42.7 Å². The number of halogens is 1. The third kappa shape index (κ3) is 3.42. The molecule has 5 heteroatoms. The minimum Gasteiger partial charge on any atom is -0.304 e. The first-order valence-corrected chi connectivity index (χ1v) is 7.18. The largest absolute Gasteiger partial charge is 0.304 e. The van der Waals surface area contributed by atoms with Crippen LogP contribution in [0.2, 0.25) is 0 Å². The fraction of sp³-hybridized carbons (Fsp3) is 0.294. The molecule has 0 fully saturated rings. The smallest absolute Gasteiger partial charge is 0.284 e. The lowest BCUT2D eigenvalue weighted by molar-refractivity contribution is -0.114. The van der Waals surface area contributed by atoms with Crippen molar-refractivity contribution < 1.29 is 9.18 Å². The molecule has 0 saturated carbocycles. The summed E-state index contributed by atoms with van der Waals surface area (Å²) in [7, 11) is 0. The quantitative estimate of drug-likeness (QED) is 0.850. The molecule has 4 nitrogen and oxygen atoms in total. The topological polar surface area (TPSA) is 46.9 Å². The fourth-order valence-electron chi connectivity index (χ4n) is 2.31. The molecule has 0 unspecified atom stereocenters. The highest BCUT2D eigenvalue weighted by atomic mass is 19.1. The molecule has 1 heterocycles. The fourth-order valence-corrected chi connectivity index (χ4v) is 2.31. The first-order valence-electron chi connectivity index (χ1n) is 7.18. The Kier molecular flexibility index (Phi) is 4.75. The summed E-state index contributed by atoms with van der Waals surface area (Å²) in [5.41, 5.74) is 2.51. The molecule has 1 N–H and O–H groups in total. The van der Waals surface area contributed by atoms with Crippen LogP contribution in [0.1, 0.15) is 19.5 Å². The zero-order chi connectivity index (χ0) is 16.3. The summed E-state index contributed by atoms with van der Waals surface area (Å²) < 4.78 is 14.8. The Morgan fingerprint density at radius 2 is 2.00 bits per heavy atom. The molecule has 1 aromatic heterocycles.